The maximum Gasteiger partial charge on any atom is 0.160 e. The molecule has 0 aromatic heterocycles. The monoisotopic (exact) mass is 172 g/mol. The first kappa shape index (κ1) is 8.48. The summed E-state index contributed by atoms with van der Waals surface area (Å²) in [7, 11) is 0. The SMILES string of the molecule is OC(CC1CC1)CC1OCCO1. The first-order valence-corrected chi connectivity index (χ1v) is 4.76. The normalized spacial score (nSPS) is 27.8. The van der Waals surface area contributed by atoms with Crippen LogP contribution in [-0.2, 0) is 9.47 Å². The lowest BCUT2D eigenvalue weighted by molar-refractivity contribution is -0.0717. The average molecular weight is 172 g/mol. The van der Waals surface area contributed by atoms with Gasteiger partial charge in [-0.05, 0) is 12.3 Å². The maximum absolute atomic E-state index is 9.56. The fraction of sp³-hybridized carbons (Fsp3) is 1.00. The highest BCUT2D eigenvalue weighted by Crippen LogP contribution is 2.34. The highest BCUT2D eigenvalue weighted by Gasteiger charge is 2.27. The largest absolute Gasteiger partial charge is 0.393 e. The van der Waals surface area contributed by atoms with Gasteiger partial charge in [0.25, 0.3) is 0 Å². The zero-order chi connectivity index (χ0) is 8.39. The van der Waals surface area contributed by atoms with E-state index in [-0.39, 0.29) is 12.4 Å². The molecule has 1 saturated heterocycles. The minimum Gasteiger partial charge on any atom is -0.393 e. The van der Waals surface area contributed by atoms with Crippen molar-refractivity contribution >= 4 is 0 Å². The van der Waals surface area contributed by atoms with Crippen molar-refractivity contribution in [3.63, 3.8) is 0 Å². The van der Waals surface area contributed by atoms with Gasteiger partial charge in [-0.15, -0.1) is 0 Å². The number of ether oxygens (including phenoxy) is 2. The maximum atomic E-state index is 9.56. The van der Waals surface area contributed by atoms with E-state index in [9.17, 15) is 5.11 Å². The van der Waals surface area contributed by atoms with Crippen LogP contribution in [0.4, 0.5) is 0 Å². The Bertz CT molecular complexity index is 139. The molecule has 12 heavy (non-hydrogen) atoms. The summed E-state index contributed by atoms with van der Waals surface area (Å²) < 4.78 is 10.5. The summed E-state index contributed by atoms with van der Waals surface area (Å²) >= 11 is 0. The molecule has 70 valence electrons. The zero-order valence-corrected chi connectivity index (χ0v) is 7.24. The summed E-state index contributed by atoms with van der Waals surface area (Å²) in [5.41, 5.74) is 0. The van der Waals surface area contributed by atoms with E-state index >= 15 is 0 Å². The predicted octanol–water partition coefficient (Wildman–Crippen LogP) is 0.910. The second kappa shape index (κ2) is 3.73. The fourth-order valence-corrected chi connectivity index (χ4v) is 1.60. The topological polar surface area (TPSA) is 38.7 Å². The van der Waals surface area contributed by atoms with Gasteiger partial charge in [0.05, 0.1) is 19.3 Å². The van der Waals surface area contributed by atoms with Gasteiger partial charge in [0.2, 0.25) is 0 Å². The van der Waals surface area contributed by atoms with E-state index in [0.717, 1.165) is 12.3 Å². The van der Waals surface area contributed by atoms with Gasteiger partial charge in [0, 0.05) is 6.42 Å². The van der Waals surface area contributed by atoms with Gasteiger partial charge in [-0.25, -0.2) is 0 Å². The number of aliphatic hydroxyl groups excluding tert-OH is 1. The van der Waals surface area contributed by atoms with Crippen LogP contribution in [-0.4, -0.2) is 30.7 Å². The van der Waals surface area contributed by atoms with Crippen molar-refractivity contribution < 1.29 is 14.6 Å². The van der Waals surface area contributed by atoms with E-state index in [1.165, 1.54) is 12.8 Å². The van der Waals surface area contributed by atoms with Crippen LogP contribution < -0.4 is 0 Å². The third-order valence-corrected chi connectivity index (χ3v) is 2.46. The molecule has 1 N–H and O–H groups in total. The van der Waals surface area contributed by atoms with E-state index in [4.69, 9.17) is 9.47 Å². The Hall–Kier alpha value is -0.120. The van der Waals surface area contributed by atoms with Gasteiger partial charge < -0.3 is 14.6 Å². The van der Waals surface area contributed by atoms with Crippen LogP contribution in [0.1, 0.15) is 25.7 Å². The number of rotatable bonds is 4. The van der Waals surface area contributed by atoms with Crippen molar-refractivity contribution in [2.24, 2.45) is 5.92 Å². The molecule has 0 bridgehead atoms. The Morgan fingerprint density at radius 2 is 1.83 bits per heavy atom. The van der Waals surface area contributed by atoms with Gasteiger partial charge in [0.1, 0.15) is 0 Å². The molecule has 3 heteroatoms. The minimum atomic E-state index is -0.222. The highest BCUT2D eigenvalue weighted by atomic mass is 16.7. The summed E-state index contributed by atoms with van der Waals surface area (Å²) in [6.45, 7) is 1.36. The first-order chi connectivity index (χ1) is 5.84. The smallest absolute Gasteiger partial charge is 0.160 e. The Morgan fingerprint density at radius 1 is 1.17 bits per heavy atom. The van der Waals surface area contributed by atoms with E-state index in [2.05, 4.69) is 0 Å². The molecule has 3 nitrogen and oxygen atoms in total. The lowest BCUT2D eigenvalue weighted by Gasteiger charge is -2.13. The molecule has 0 aromatic carbocycles. The molecule has 1 aliphatic carbocycles. The summed E-state index contributed by atoms with van der Waals surface area (Å²) in [5, 5.41) is 9.56. The van der Waals surface area contributed by atoms with Crippen LogP contribution in [0.5, 0.6) is 0 Å². The van der Waals surface area contributed by atoms with Crippen LogP contribution >= 0.6 is 0 Å². The lowest BCUT2D eigenvalue weighted by atomic mass is 10.1. The van der Waals surface area contributed by atoms with E-state index in [0.29, 0.717) is 19.6 Å². The molecule has 0 radical (unpaired) electrons. The van der Waals surface area contributed by atoms with Gasteiger partial charge in [0.15, 0.2) is 6.29 Å². The molecule has 2 fully saturated rings. The third-order valence-electron chi connectivity index (χ3n) is 2.46. The minimum absolute atomic E-state index is 0.140. The molecule has 1 heterocycles. The molecule has 1 saturated carbocycles. The first-order valence-electron chi connectivity index (χ1n) is 4.76. The second-order valence-corrected chi connectivity index (χ2v) is 3.74. The molecule has 1 aliphatic heterocycles. The quantitative estimate of drug-likeness (QED) is 0.685. The summed E-state index contributed by atoms with van der Waals surface area (Å²) in [6, 6.07) is 0. The zero-order valence-electron chi connectivity index (χ0n) is 7.24. The molecule has 1 atom stereocenters. The number of hydrogen-bond acceptors (Lipinski definition) is 3. The van der Waals surface area contributed by atoms with Crippen LogP contribution in [0.2, 0.25) is 0 Å². The molecule has 0 spiro atoms. The van der Waals surface area contributed by atoms with Crippen molar-refractivity contribution in [3.8, 4) is 0 Å². The van der Waals surface area contributed by atoms with Crippen molar-refractivity contribution in [2.75, 3.05) is 13.2 Å². The molecule has 2 rings (SSSR count). The second-order valence-electron chi connectivity index (χ2n) is 3.74. The fourth-order valence-electron chi connectivity index (χ4n) is 1.60. The standard InChI is InChI=1S/C9H16O3/c10-8(5-7-1-2-7)6-9-11-3-4-12-9/h7-10H,1-6H2. The number of aliphatic hydroxyl groups is 1. The number of hydrogen-bond donors (Lipinski definition) is 1. The van der Waals surface area contributed by atoms with Crippen LogP contribution in [0.25, 0.3) is 0 Å². The summed E-state index contributed by atoms with van der Waals surface area (Å²) in [5.74, 6) is 0.779. The van der Waals surface area contributed by atoms with Gasteiger partial charge in [-0.2, -0.15) is 0 Å². The van der Waals surface area contributed by atoms with E-state index < -0.39 is 0 Å². The Balaban J connectivity index is 1.62. The van der Waals surface area contributed by atoms with Crippen molar-refractivity contribution in [1.82, 2.24) is 0 Å². The van der Waals surface area contributed by atoms with E-state index in [1.807, 2.05) is 0 Å². The highest BCUT2D eigenvalue weighted by molar-refractivity contribution is 4.77. The molecule has 1 unspecified atom stereocenters. The third kappa shape index (κ3) is 2.44. The van der Waals surface area contributed by atoms with Crippen LogP contribution in [0, 0.1) is 5.92 Å². The van der Waals surface area contributed by atoms with Crippen molar-refractivity contribution in [3.05, 3.63) is 0 Å². The average Bonchev–Trinajstić information content (AvgIpc) is 2.66. The molecule has 0 aromatic rings. The van der Waals surface area contributed by atoms with Crippen molar-refractivity contribution in [1.29, 1.82) is 0 Å². The summed E-state index contributed by atoms with van der Waals surface area (Å²) in [4.78, 5) is 0. The molecule has 2 aliphatic rings. The summed E-state index contributed by atoms with van der Waals surface area (Å²) in [6.07, 6.45) is 3.81. The Kier molecular flexibility index (Phi) is 2.63. The van der Waals surface area contributed by atoms with Gasteiger partial charge in [-0.1, -0.05) is 12.8 Å². The predicted molar refractivity (Wildman–Crippen MR) is 43.7 cm³/mol. The molecular weight excluding hydrogens is 156 g/mol. The molecule has 0 amide bonds. The van der Waals surface area contributed by atoms with E-state index in [1.54, 1.807) is 0 Å². The lowest BCUT2D eigenvalue weighted by Crippen LogP contribution is -2.18. The Labute approximate surface area is 72.7 Å². The Morgan fingerprint density at radius 3 is 2.42 bits per heavy atom. The van der Waals surface area contributed by atoms with Crippen LogP contribution in [0.15, 0.2) is 0 Å². The van der Waals surface area contributed by atoms with Crippen molar-refractivity contribution in [2.45, 2.75) is 38.1 Å². The van der Waals surface area contributed by atoms with Gasteiger partial charge >= 0.3 is 0 Å². The molecular formula is C9H16O3. The van der Waals surface area contributed by atoms with Gasteiger partial charge in [-0.3, -0.25) is 0 Å². The van der Waals surface area contributed by atoms with Crippen LogP contribution in [0.3, 0.4) is 0 Å².